The maximum Gasteiger partial charge on any atom is 0.224 e. The van der Waals surface area contributed by atoms with Crippen molar-refractivity contribution in [3.63, 3.8) is 0 Å². The third-order valence-electron chi connectivity index (χ3n) is 3.73. The van der Waals surface area contributed by atoms with Crippen molar-refractivity contribution in [3.05, 3.63) is 71.3 Å². The number of hydrogen-bond donors (Lipinski definition) is 1. The molecule has 1 amide bonds. The molecule has 0 spiro atoms. The lowest BCUT2D eigenvalue weighted by Gasteiger charge is -2.20. The average Bonchev–Trinajstić information content (AvgIpc) is 2.57. The van der Waals surface area contributed by atoms with Gasteiger partial charge in [0.2, 0.25) is 15.9 Å². The molecule has 0 aliphatic rings. The SMILES string of the molecule is CS(=O)(=O)N(CCNC(=O)Cc1ccc(F)cc1)Cc1ccccc1F. The van der Waals surface area contributed by atoms with Gasteiger partial charge in [0.15, 0.2) is 0 Å². The molecule has 140 valence electrons. The topological polar surface area (TPSA) is 66.5 Å². The van der Waals surface area contributed by atoms with E-state index in [1.54, 1.807) is 6.07 Å². The van der Waals surface area contributed by atoms with Crippen LogP contribution in [0.3, 0.4) is 0 Å². The molecule has 0 aromatic heterocycles. The predicted octanol–water partition coefficient (Wildman–Crippen LogP) is 2.09. The van der Waals surface area contributed by atoms with Crippen LogP contribution in [0.4, 0.5) is 8.78 Å². The van der Waals surface area contributed by atoms with Crippen molar-refractivity contribution in [1.82, 2.24) is 9.62 Å². The van der Waals surface area contributed by atoms with Crippen molar-refractivity contribution in [2.75, 3.05) is 19.3 Å². The fraction of sp³-hybridized carbons (Fsp3) is 0.278. The Kier molecular flexibility index (Phi) is 6.82. The minimum Gasteiger partial charge on any atom is -0.354 e. The van der Waals surface area contributed by atoms with E-state index in [0.29, 0.717) is 5.56 Å². The standard InChI is InChI=1S/C18H20F2N2O3S/c1-26(24,25)22(13-15-4-2-3-5-17(15)20)11-10-21-18(23)12-14-6-8-16(19)9-7-14/h2-9H,10-13H2,1H3,(H,21,23). The quantitative estimate of drug-likeness (QED) is 0.760. The molecule has 0 atom stereocenters. The monoisotopic (exact) mass is 382 g/mol. The van der Waals surface area contributed by atoms with Gasteiger partial charge in [-0.1, -0.05) is 30.3 Å². The van der Waals surface area contributed by atoms with E-state index in [1.165, 1.54) is 42.5 Å². The van der Waals surface area contributed by atoms with Crippen LogP contribution < -0.4 is 5.32 Å². The van der Waals surface area contributed by atoms with E-state index in [-0.39, 0.29) is 43.3 Å². The molecule has 26 heavy (non-hydrogen) atoms. The Bertz CT molecular complexity index is 855. The molecule has 1 N–H and O–H groups in total. The molecule has 2 rings (SSSR count). The average molecular weight is 382 g/mol. The molecular weight excluding hydrogens is 362 g/mol. The van der Waals surface area contributed by atoms with Gasteiger partial charge in [0, 0.05) is 25.2 Å². The maximum absolute atomic E-state index is 13.7. The van der Waals surface area contributed by atoms with E-state index in [0.717, 1.165) is 10.6 Å². The first kappa shape index (κ1) is 20.0. The van der Waals surface area contributed by atoms with Gasteiger partial charge >= 0.3 is 0 Å². The summed E-state index contributed by atoms with van der Waals surface area (Å²) in [7, 11) is -3.57. The lowest BCUT2D eigenvalue weighted by molar-refractivity contribution is -0.120. The Labute approximate surface area is 151 Å². The first-order valence-electron chi connectivity index (χ1n) is 7.95. The van der Waals surface area contributed by atoms with Gasteiger partial charge in [-0.2, -0.15) is 4.31 Å². The van der Waals surface area contributed by atoms with E-state index in [1.807, 2.05) is 0 Å². The molecule has 0 heterocycles. The van der Waals surface area contributed by atoms with Crippen LogP contribution in [0, 0.1) is 11.6 Å². The molecule has 8 heteroatoms. The van der Waals surface area contributed by atoms with Gasteiger partial charge in [0.05, 0.1) is 12.7 Å². The van der Waals surface area contributed by atoms with E-state index in [9.17, 15) is 22.0 Å². The number of carbonyl (C=O) groups excluding carboxylic acids is 1. The maximum atomic E-state index is 13.7. The van der Waals surface area contributed by atoms with Crippen molar-refractivity contribution < 1.29 is 22.0 Å². The molecular formula is C18H20F2N2O3S. The Hall–Kier alpha value is -2.32. The van der Waals surface area contributed by atoms with E-state index in [4.69, 9.17) is 0 Å². The predicted molar refractivity (Wildman–Crippen MR) is 94.8 cm³/mol. The number of amides is 1. The number of benzene rings is 2. The smallest absolute Gasteiger partial charge is 0.224 e. The summed E-state index contributed by atoms with van der Waals surface area (Å²) in [4.78, 5) is 11.9. The number of carbonyl (C=O) groups is 1. The Morgan fingerprint density at radius 3 is 2.35 bits per heavy atom. The van der Waals surface area contributed by atoms with Gasteiger partial charge in [0.25, 0.3) is 0 Å². The van der Waals surface area contributed by atoms with Crippen LogP contribution in [-0.2, 0) is 27.8 Å². The Morgan fingerprint density at radius 1 is 1.08 bits per heavy atom. The molecule has 0 unspecified atom stereocenters. The molecule has 0 aliphatic heterocycles. The molecule has 2 aromatic rings. The van der Waals surface area contributed by atoms with Crippen molar-refractivity contribution in [1.29, 1.82) is 0 Å². The van der Waals surface area contributed by atoms with Gasteiger partial charge in [-0.25, -0.2) is 17.2 Å². The second kappa shape index (κ2) is 8.86. The van der Waals surface area contributed by atoms with Gasteiger partial charge in [0.1, 0.15) is 11.6 Å². The van der Waals surface area contributed by atoms with Crippen LogP contribution in [0.1, 0.15) is 11.1 Å². The second-order valence-corrected chi connectivity index (χ2v) is 7.82. The summed E-state index contributed by atoms with van der Waals surface area (Å²) in [5.41, 5.74) is 0.908. The highest BCUT2D eigenvalue weighted by molar-refractivity contribution is 7.88. The molecule has 0 fully saturated rings. The fourth-order valence-corrected chi connectivity index (χ4v) is 3.15. The lowest BCUT2D eigenvalue weighted by Crippen LogP contribution is -2.38. The highest BCUT2D eigenvalue weighted by Crippen LogP contribution is 2.12. The zero-order valence-corrected chi connectivity index (χ0v) is 15.1. The van der Waals surface area contributed by atoms with Gasteiger partial charge < -0.3 is 5.32 Å². The molecule has 0 saturated carbocycles. The van der Waals surface area contributed by atoms with Gasteiger partial charge in [-0.05, 0) is 23.8 Å². The summed E-state index contributed by atoms with van der Waals surface area (Å²) >= 11 is 0. The van der Waals surface area contributed by atoms with Crippen molar-refractivity contribution in [2.24, 2.45) is 0 Å². The number of halogens is 2. The normalized spacial score (nSPS) is 11.5. The number of nitrogens with zero attached hydrogens (tertiary/aromatic N) is 1. The molecule has 5 nitrogen and oxygen atoms in total. The van der Waals surface area contributed by atoms with Crippen LogP contribution >= 0.6 is 0 Å². The molecule has 0 bridgehead atoms. The summed E-state index contributed by atoms with van der Waals surface area (Å²) in [5, 5.41) is 2.62. The minimum absolute atomic E-state index is 0.0162. The lowest BCUT2D eigenvalue weighted by atomic mass is 10.1. The first-order valence-corrected chi connectivity index (χ1v) is 9.80. The van der Waals surface area contributed by atoms with Crippen molar-refractivity contribution >= 4 is 15.9 Å². The highest BCUT2D eigenvalue weighted by atomic mass is 32.2. The van der Waals surface area contributed by atoms with Crippen LogP contribution in [0.5, 0.6) is 0 Å². The molecule has 0 radical (unpaired) electrons. The number of sulfonamides is 1. The summed E-state index contributed by atoms with van der Waals surface area (Å²) in [5.74, 6) is -1.18. The highest BCUT2D eigenvalue weighted by Gasteiger charge is 2.18. The third-order valence-corrected chi connectivity index (χ3v) is 4.98. The molecule has 2 aromatic carbocycles. The Morgan fingerprint density at radius 2 is 1.73 bits per heavy atom. The summed E-state index contributed by atoms with van der Waals surface area (Å²) in [6.07, 6.45) is 1.10. The number of nitrogens with one attached hydrogen (secondary N) is 1. The van der Waals surface area contributed by atoms with Crippen molar-refractivity contribution in [3.8, 4) is 0 Å². The number of rotatable bonds is 8. The van der Waals surface area contributed by atoms with E-state index < -0.39 is 15.8 Å². The zero-order chi connectivity index (χ0) is 19.2. The van der Waals surface area contributed by atoms with Gasteiger partial charge in [-0.15, -0.1) is 0 Å². The zero-order valence-electron chi connectivity index (χ0n) is 14.3. The van der Waals surface area contributed by atoms with Crippen LogP contribution in [-0.4, -0.2) is 38.0 Å². The van der Waals surface area contributed by atoms with Crippen LogP contribution in [0.15, 0.2) is 48.5 Å². The minimum atomic E-state index is -3.57. The molecule has 0 saturated heterocycles. The summed E-state index contributed by atoms with van der Waals surface area (Å²) < 4.78 is 51.5. The largest absolute Gasteiger partial charge is 0.354 e. The molecule has 0 aliphatic carbocycles. The van der Waals surface area contributed by atoms with Crippen LogP contribution in [0.25, 0.3) is 0 Å². The number of hydrogen-bond acceptors (Lipinski definition) is 3. The van der Waals surface area contributed by atoms with Crippen LogP contribution in [0.2, 0.25) is 0 Å². The van der Waals surface area contributed by atoms with E-state index >= 15 is 0 Å². The summed E-state index contributed by atoms with van der Waals surface area (Å²) in [6.45, 7) is -0.0107. The van der Waals surface area contributed by atoms with E-state index in [2.05, 4.69) is 5.32 Å². The first-order chi connectivity index (χ1) is 12.3. The third kappa shape index (κ3) is 6.20. The fourth-order valence-electron chi connectivity index (χ4n) is 2.35. The van der Waals surface area contributed by atoms with Crippen molar-refractivity contribution in [2.45, 2.75) is 13.0 Å². The second-order valence-electron chi connectivity index (χ2n) is 5.84. The van der Waals surface area contributed by atoms with Gasteiger partial charge in [-0.3, -0.25) is 4.79 Å². The summed E-state index contributed by atoms with van der Waals surface area (Å²) in [6, 6.07) is 11.5. The Balaban J connectivity index is 1.90.